The lowest BCUT2D eigenvalue weighted by molar-refractivity contribution is 0.670. The molecule has 0 spiro atoms. The summed E-state index contributed by atoms with van der Waals surface area (Å²) in [4.78, 5) is 0. The van der Waals surface area contributed by atoms with Gasteiger partial charge in [0.25, 0.3) is 0 Å². The van der Waals surface area contributed by atoms with Gasteiger partial charge in [-0.3, -0.25) is 0 Å². The number of hydrogen-bond donors (Lipinski definition) is 0. The minimum absolute atomic E-state index is 0.915. The van der Waals surface area contributed by atoms with E-state index in [1.54, 1.807) is 0 Å². The fraction of sp³-hybridized carbons (Fsp3) is 0. The Kier molecular flexibility index (Phi) is 4.55. The SMILES string of the molecule is c1ccc2cc(-c3c4ccccc4c(-c4ccc5sc6ccccc6c5c4)c4oc5ccccc5c34)ccc2c1. The van der Waals surface area contributed by atoms with Gasteiger partial charge in [0.2, 0.25) is 0 Å². The van der Waals surface area contributed by atoms with Crippen LogP contribution in [0.15, 0.2) is 138 Å². The molecule has 9 rings (SSSR count). The lowest BCUT2D eigenvalue weighted by atomic mass is 9.87. The van der Waals surface area contributed by atoms with Gasteiger partial charge in [-0.15, -0.1) is 11.3 Å². The van der Waals surface area contributed by atoms with E-state index in [0.29, 0.717) is 0 Å². The molecule has 0 fully saturated rings. The number of rotatable bonds is 2. The Labute approximate surface area is 234 Å². The first kappa shape index (κ1) is 22.0. The van der Waals surface area contributed by atoms with Gasteiger partial charge in [-0.2, -0.15) is 0 Å². The molecule has 186 valence electrons. The molecule has 40 heavy (non-hydrogen) atoms. The molecule has 0 radical (unpaired) electrons. The van der Waals surface area contributed by atoms with E-state index < -0.39 is 0 Å². The second-order valence-electron chi connectivity index (χ2n) is 10.5. The first-order valence-electron chi connectivity index (χ1n) is 13.6. The first-order chi connectivity index (χ1) is 19.8. The fourth-order valence-corrected chi connectivity index (χ4v) is 7.55. The van der Waals surface area contributed by atoms with Gasteiger partial charge in [0.05, 0.1) is 0 Å². The largest absolute Gasteiger partial charge is 0.455 e. The van der Waals surface area contributed by atoms with E-state index in [9.17, 15) is 0 Å². The van der Waals surface area contributed by atoms with Crippen molar-refractivity contribution < 1.29 is 4.42 Å². The highest BCUT2D eigenvalue weighted by Crippen LogP contribution is 2.48. The Morgan fingerprint density at radius 2 is 1.05 bits per heavy atom. The molecule has 0 saturated heterocycles. The maximum absolute atomic E-state index is 6.78. The van der Waals surface area contributed by atoms with Gasteiger partial charge in [-0.1, -0.05) is 103 Å². The highest BCUT2D eigenvalue weighted by atomic mass is 32.1. The highest BCUT2D eigenvalue weighted by molar-refractivity contribution is 7.25. The average Bonchev–Trinajstić information content (AvgIpc) is 3.58. The molecule has 0 saturated carbocycles. The molecule has 2 heterocycles. The van der Waals surface area contributed by atoms with Crippen molar-refractivity contribution in [2.45, 2.75) is 0 Å². The summed E-state index contributed by atoms with van der Waals surface area (Å²) in [5.41, 5.74) is 6.63. The lowest BCUT2D eigenvalue weighted by Crippen LogP contribution is -1.89. The second kappa shape index (κ2) is 8.29. The summed E-state index contributed by atoms with van der Waals surface area (Å²) in [6.45, 7) is 0. The Bertz CT molecular complexity index is 2440. The summed E-state index contributed by atoms with van der Waals surface area (Å²) in [6, 6.07) is 48.2. The maximum atomic E-state index is 6.78. The minimum Gasteiger partial charge on any atom is -0.455 e. The number of thiophene rings is 1. The fourth-order valence-electron chi connectivity index (χ4n) is 6.46. The summed E-state index contributed by atoms with van der Waals surface area (Å²) in [5, 5.41) is 9.86. The zero-order valence-electron chi connectivity index (χ0n) is 21.5. The van der Waals surface area contributed by atoms with E-state index in [0.717, 1.165) is 22.1 Å². The van der Waals surface area contributed by atoms with E-state index in [2.05, 4.69) is 133 Å². The maximum Gasteiger partial charge on any atom is 0.144 e. The Balaban J connectivity index is 1.46. The number of hydrogen-bond acceptors (Lipinski definition) is 2. The molecule has 0 unspecified atom stereocenters. The van der Waals surface area contributed by atoms with E-state index in [1.807, 2.05) is 11.3 Å². The zero-order chi connectivity index (χ0) is 26.2. The van der Waals surface area contributed by atoms with Crippen LogP contribution in [-0.2, 0) is 0 Å². The molecule has 2 heteroatoms. The van der Waals surface area contributed by atoms with Crippen LogP contribution in [-0.4, -0.2) is 0 Å². The standard InChI is InChI=1S/C38H22OS/c1-2-10-24-21-25(18-17-23(24)9-1)35-28-12-3-4-13-29(28)36(38-37(35)30-14-5-7-15-32(30)39-38)26-19-20-34-31(22-26)27-11-6-8-16-33(27)40-34/h1-22H. The average molecular weight is 527 g/mol. The van der Waals surface area contributed by atoms with Crippen molar-refractivity contribution in [3.05, 3.63) is 133 Å². The molecule has 0 bridgehead atoms. The van der Waals surface area contributed by atoms with Crippen molar-refractivity contribution in [2.24, 2.45) is 0 Å². The molecule has 9 aromatic rings. The Hall–Kier alpha value is -4.92. The predicted octanol–water partition coefficient (Wildman–Crippen LogP) is 11.6. The molecule has 1 nitrogen and oxygen atoms in total. The van der Waals surface area contributed by atoms with Crippen molar-refractivity contribution in [3.8, 4) is 22.3 Å². The zero-order valence-corrected chi connectivity index (χ0v) is 22.3. The lowest BCUT2D eigenvalue weighted by Gasteiger charge is -2.15. The second-order valence-corrected chi connectivity index (χ2v) is 11.6. The van der Waals surface area contributed by atoms with Crippen LogP contribution in [0.5, 0.6) is 0 Å². The van der Waals surface area contributed by atoms with Crippen LogP contribution in [0.2, 0.25) is 0 Å². The Morgan fingerprint density at radius 1 is 0.425 bits per heavy atom. The summed E-state index contributed by atoms with van der Waals surface area (Å²) in [5.74, 6) is 0. The summed E-state index contributed by atoms with van der Waals surface area (Å²) < 4.78 is 9.41. The van der Waals surface area contributed by atoms with Crippen molar-refractivity contribution in [1.29, 1.82) is 0 Å². The highest BCUT2D eigenvalue weighted by Gasteiger charge is 2.22. The van der Waals surface area contributed by atoms with E-state index in [4.69, 9.17) is 4.42 Å². The summed E-state index contributed by atoms with van der Waals surface area (Å²) in [7, 11) is 0. The normalized spacial score (nSPS) is 12.0. The third-order valence-corrected chi connectivity index (χ3v) is 9.39. The molecule has 0 aliphatic carbocycles. The molecule has 0 atom stereocenters. The van der Waals surface area contributed by atoms with Crippen LogP contribution in [0.3, 0.4) is 0 Å². The van der Waals surface area contributed by atoms with E-state index >= 15 is 0 Å². The molecular weight excluding hydrogens is 504 g/mol. The van der Waals surface area contributed by atoms with Crippen LogP contribution < -0.4 is 0 Å². The molecule has 0 N–H and O–H groups in total. The van der Waals surface area contributed by atoms with Crippen molar-refractivity contribution in [1.82, 2.24) is 0 Å². The van der Waals surface area contributed by atoms with Crippen molar-refractivity contribution in [2.75, 3.05) is 0 Å². The number of fused-ring (bicyclic) bond motifs is 8. The van der Waals surface area contributed by atoms with Gasteiger partial charge >= 0.3 is 0 Å². The van der Waals surface area contributed by atoms with Gasteiger partial charge < -0.3 is 4.42 Å². The molecule has 7 aromatic carbocycles. The molecule has 0 aliphatic heterocycles. The van der Waals surface area contributed by atoms with Crippen LogP contribution in [0.25, 0.3) is 85.9 Å². The smallest absolute Gasteiger partial charge is 0.144 e. The van der Waals surface area contributed by atoms with Gasteiger partial charge in [0.1, 0.15) is 11.2 Å². The van der Waals surface area contributed by atoms with Gasteiger partial charge in [0, 0.05) is 42.1 Å². The van der Waals surface area contributed by atoms with Crippen LogP contribution in [0.4, 0.5) is 0 Å². The Morgan fingerprint density at radius 3 is 1.93 bits per heavy atom. The minimum atomic E-state index is 0.915. The third-order valence-electron chi connectivity index (χ3n) is 8.24. The molecule has 2 aromatic heterocycles. The summed E-state index contributed by atoms with van der Waals surface area (Å²) in [6.07, 6.45) is 0. The van der Waals surface area contributed by atoms with Crippen LogP contribution >= 0.6 is 11.3 Å². The van der Waals surface area contributed by atoms with Crippen LogP contribution in [0, 0.1) is 0 Å². The van der Waals surface area contributed by atoms with Crippen molar-refractivity contribution in [3.63, 3.8) is 0 Å². The third kappa shape index (κ3) is 3.08. The first-order valence-corrected chi connectivity index (χ1v) is 14.4. The quantitative estimate of drug-likeness (QED) is 0.218. The summed E-state index contributed by atoms with van der Waals surface area (Å²) >= 11 is 1.85. The molecular formula is C38H22OS. The monoisotopic (exact) mass is 526 g/mol. The van der Waals surface area contributed by atoms with Gasteiger partial charge in [-0.05, 0) is 63.0 Å². The van der Waals surface area contributed by atoms with E-state index in [-0.39, 0.29) is 0 Å². The molecule has 0 aliphatic rings. The van der Waals surface area contributed by atoms with E-state index in [1.165, 1.54) is 63.8 Å². The predicted molar refractivity (Wildman–Crippen MR) is 172 cm³/mol. The number of para-hydroxylation sites is 1. The van der Waals surface area contributed by atoms with Gasteiger partial charge in [-0.25, -0.2) is 0 Å². The number of benzene rings is 7. The van der Waals surface area contributed by atoms with Crippen molar-refractivity contribution >= 4 is 75.0 Å². The van der Waals surface area contributed by atoms with Gasteiger partial charge in [0.15, 0.2) is 0 Å². The van der Waals surface area contributed by atoms with Crippen LogP contribution in [0.1, 0.15) is 0 Å². The molecule has 0 amide bonds. The number of furan rings is 1. The topological polar surface area (TPSA) is 13.1 Å².